The molecule has 0 aliphatic carbocycles. The van der Waals surface area contributed by atoms with Gasteiger partial charge < -0.3 is 14.1 Å². The lowest BCUT2D eigenvalue weighted by Crippen LogP contribution is -3.11. The van der Waals surface area contributed by atoms with Gasteiger partial charge in [0.2, 0.25) is 5.72 Å². The minimum Gasteiger partial charge on any atom is -0.466 e. The molecule has 1 aromatic heterocycles. The number of halogens is 1. The summed E-state index contributed by atoms with van der Waals surface area (Å²) in [6.45, 7) is 2.16. The number of benzene rings is 1. The highest BCUT2D eigenvalue weighted by Crippen LogP contribution is 2.49. The second kappa shape index (κ2) is 5.51. The van der Waals surface area contributed by atoms with Gasteiger partial charge in [-0.3, -0.25) is 0 Å². The number of piperidine rings is 1. The number of furan rings is 1. The molecular weight excluding hydrogens is 338 g/mol. The molecule has 1 spiro atoms. The van der Waals surface area contributed by atoms with Crippen molar-refractivity contribution in [3.8, 4) is 5.75 Å². The Kier molecular flexibility index (Phi) is 3.37. The van der Waals surface area contributed by atoms with Crippen molar-refractivity contribution in [1.82, 2.24) is 5.01 Å². The van der Waals surface area contributed by atoms with Crippen LogP contribution in [0, 0.1) is 0 Å². The summed E-state index contributed by atoms with van der Waals surface area (Å²) in [5.74, 6) is 1.78. The summed E-state index contributed by atoms with van der Waals surface area (Å²) in [6, 6.07) is 9.97. The van der Waals surface area contributed by atoms with E-state index in [1.807, 2.05) is 30.3 Å². The third-order valence-corrected chi connectivity index (χ3v) is 5.88. The maximum Gasteiger partial charge on any atom is 0.208 e. The third-order valence-electron chi connectivity index (χ3n) is 5.65. The predicted octanol–water partition coefficient (Wildman–Crippen LogP) is 2.48. The van der Waals surface area contributed by atoms with Crippen molar-refractivity contribution in [3.63, 3.8) is 0 Å². The Balaban J connectivity index is 1.60. The Morgan fingerprint density at radius 2 is 2.12 bits per heavy atom. The zero-order chi connectivity index (χ0) is 17.0. The van der Waals surface area contributed by atoms with Crippen LogP contribution in [0.5, 0.6) is 5.75 Å². The van der Waals surface area contributed by atoms with Crippen LogP contribution in [0.15, 0.2) is 46.1 Å². The van der Waals surface area contributed by atoms with Crippen LogP contribution in [-0.2, 0) is 0 Å². The van der Waals surface area contributed by atoms with Gasteiger partial charge in [0.15, 0.2) is 0 Å². The molecule has 0 unspecified atom stereocenters. The van der Waals surface area contributed by atoms with Crippen molar-refractivity contribution in [2.75, 3.05) is 20.1 Å². The Labute approximate surface area is 151 Å². The standard InChI is InChI=1S/C19H20ClN3O2/c1-22-8-6-19(7-9-22)23-16(12-15(21-23)18-3-2-10-24-18)14-11-13(20)4-5-17(14)25-19/h2-5,10-11,16H,6-9,12H2,1H3/p+1/t16-/m0/s1. The summed E-state index contributed by atoms with van der Waals surface area (Å²) in [5.41, 5.74) is 1.74. The van der Waals surface area contributed by atoms with E-state index in [1.165, 1.54) is 0 Å². The van der Waals surface area contributed by atoms with Gasteiger partial charge in [-0.25, -0.2) is 5.01 Å². The maximum absolute atomic E-state index is 6.56. The van der Waals surface area contributed by atoms with Crippen LogP contribution < -0.4 is 9.64 Å². The van der Waals surface area contributed by atoms with E-state index in [-0.39, 0.29) is 11.8 Å². The molecule has 3 aliphatic heterocycles. The van der Waals surface area contributed by atoms with Crippen LogP contribution in [0.2, 0.25) is 5.02 Å². The molecule has 1 fully saturated rings. The lowest BCUT2D eigenvalue weighted by Gasteiger charge is -2.49. The average Bonchev–Trinajstić information content (AvgIpc) is 3.28. The van der Waals surface area contributed by atoms with Crippen LogP contribution in [0.25, 0.3) is 0 Å². The van der Waals surface area contributed by atoms with Gasteiger partial charge in [0, 0.05) is 17.0 Å². The first-order valence-corrected chi connectivity index (χ1v) is 9.23. The van der Waals surface area contributed by atoms with Crippen LogP contribution in [0.3, 0.4) is 0 Å². The molecule has 0 saturated carbocycles. The highest BCUT2D eigenvalue weighted by atomic mass is 35.5. The van der Waals surface area contributed by atoms with Crippen LogP contribution >= 0.6 is 11.6 Å². The zero-order valence-electron chi connectivity index (χ0n) is 14.2. The van der Waals surface area contributed by atoms with Crippen LogP contribution in [0.1, 0.15) is 36.6 Å². The molecule has 130 valence electrons. The molecule has 2 aromatic rings. The Morgan fingerprint density at radius 1 is 1.28 bits per heavy atom. The molecule has 5 rings (SSSR count). The lowest BCUT2D eigenvalue weighted by atomic mass is 9.91. The summed E-state index contributed by atoms with van der Waals surface area (Å²) in [5, 5.41) is 7.89. The topological polar surface area (TPSA) is 42.4 Å². The normalized spacial score (nSPS) is 30.6. The largest absolute Gasteiger partial charge is 0.466 e. The molecule has 1 aromatic carbocycles. The molecule has 1 atom stereocenters. The van der Waals surface area contributed by atoms with Crippen molar-refractivity contribution >= 4 is 17.3 Å². The molecule has 6 heteroatoms. The number of likely N-dealkylation sites (tertiary alicyclic amines) is 1. The van der Waals surface area contributed by atoms with Gasteiger partial charge in [-0.05, 0) is 30.3 Å². The van der Waals surface area contributed by atoms with Gasteiger partial charge in [-0.15, -0.1) is 0 Å². The summed E-state index contributed by atoms with van der Waals surface area (Å²) in [6.07, 6.45) is 4.44. The number of ether oxygens (including phenoxy) is 1. The van der Waals surface area contributed by atoms with Gasteiger partial charge >= 0.3 is 0 Å². The van der Waals surface area contributed by atoms with Crippen LogP contribution in [0.4, 0.5) is 0 Å². The van der Waals surface area contributed by atoms with E-state index in [1.54, 1.807) is 11.2 Å². The molecule has 4 heterocycles. The number of nitrogens with one attached hydrogen (secondary N) is 1. The molecule has 25 heavy (non-hydrogen) atoms. The van der Waals surface area contributed by atoms with Crippen LogP contribution in [-0.4, -0.2) is 36.6 Å². The summed E-state index contributed by atoms with van der Waals surface area (Å²) in [4.78, 5) is 1.54. The van der Waals surface area contributed by atoms with E-state index < -0.39 is 0 Å². The number of hydrogen-bond donors (Lipinski definition) is 1. The Hall–Kier alpha value is -1.98. The summed E-state index contributed by atoms with van der Waals surface area (Å²) in [7, 11) is 2.24. The van der Waals surface area contributed by atoms with Gasteiger partial charge in [-0.1, -0.05) is 11.6 Å². The van der Waals surface area contributed by atoms with Crippen molar-refractivity contribution in [3.05, 3.63) is 52.9 Å². The number of rotatable bonds is 1. The first kappa shape index (κ1) is 15.3. The van der Waals surface area contributed by atoms with E-state index in [0.717, 1.165) is 60.2 Å². The quantitative estimate of drug-likeness (QED) is 0.851. The molecule has 0 amide bonds. The predicted molar refractivity (Wildman–Crippen MR) is 95.1 cm³/mol. The molecular formula is C19H21ClN3O2+. The van der Waals surface area contributed by atoms with E-state index in [0.29, 0.717) is 0 Å². The van der Waals surface area contributed by atoms with Gasteiger partial charge in [0.1, 0.15) is 17.2 Å². The van der Waals surface area contributed by atoms with E-state index in [4.69, 9.17) is 25.9 Å². The molecule has 3 aliphatic rings. The summed E-state index contributed by atoms with van der Waals surface area (Å²) < 4.78 is 12.2. The molecule has 0 bridgehead atoms. The van der Waals surface area contributed by atoms with Gasteiger partial charge in [0.25, 0.3) is 0 Å². The minimum absolute atomic E-state index is 0.154. The monoisotopic (exact) mass is 358 g/mol. The van der Waals surface area contributed by atoms with Crippen molar-refractivity contribution in [2.45, 2.75) is 31.0 Å². The fraction of sp³-hybridized carbons (Fsp3) is 0.421. The number of quaternary nitrogens is 1. The third kappa shape index (κ3) is 2.37. The van der Waals surface area contributed by atoms with E-state index in [2.05, 4.69) is 12.1 Å². The minimum atomic E-state index is -0.362. The van der Waals surface area contributed by atoms with Crippen molar-refractivity contribution < 1.29 is 14.1 Å². The van der Waals surface area contributed by atoms with E-state index >= 15 is 0 Å². The smallest absolute Gasteiger partial charge is 0.208 e. The Bertz CT molecular complexity index is 825. The highest BCUT2D eigenvalue weighted by molar-refractivity contribution is 6.30. The maximum atomic E-state index is 6.56. The first-order valence-electron chi connectivity index (χ1n) is 8.85. The zero-order valence-corrected chi connectivity index (χ0v) is 14.9. The average molecular weight is 359 g/mol. The Morgan fingerprint density at radius 3 is 2.88 bits per heavy atom. The van der Waals surface area contributed by atoms with Gasteiger partial charge in [0.05, 0.1) is 45.3 Å². The number of fused-ring (bicyclic) bond motifs is 4. The summed E-state index contributed by atoms with van der Waals surface area (Å²) >= 11 is 6.27. The van der Waals surface area contributed by atoms with E-state index in [9.17, 15) is 0 Å². The second-order valence-electron chi connectivity index (χ2n) is 7.28. The SMILES string of the molecule is C[NH+]1CCC2(CC1)Oc1ccc(Cl)cc1[C@@H]1CC(c3ccco3)=NN12. The number of hydrogen-bond acceptors (Lipinski definition) is 4. The second-order valence-corrected chi connectivity index (χ2v) is 7.71. The van der Waals surface area contributed by atoms with Gasteiger partial charge in [-0.2, -0.15) is 5.10 Å². The molecule has 1 N–H and O–H groups in total. The lowest BCUT2D eigenvalue weighted by molar-refractivity contribution is -0.888. The molecule has 1 saturated heterocycles. The number of nitrogens with zero attached hydrogens (tertiary/aromatic N) is 2. The molecule has 5 nitrogen and oxygen atoms in total. The van der Waals surface area contributed by atoms with Crippen molar-refractivity contribution in [2.24, 2.45) is 5.10 Å². The fourth-order valence-corrected chi connectivity index (χ4v) is 4.42. The highest BCUT2D eigenvalue weighted by Gasteiger charge is 2.52. The van der Waals surface area contributed by atoms with Crippen molar-refractivity contribution in [1.29, 1.82) is 0 Å². The first-order chi connectivity index (χ1) is 12.1. The molecule has 0 radical (unpaired) electrons. The number of hydrazone groups is 1. The fourth-order valence-electron chi connectivity index (χ4n) is 4.24.